The molecular formula is C26H26BClF9N3O2. The van der Waals surface area contributed by atoms with Crippen LogP contribution in [-0.2, 0) is 27.8 Å². The number of alkyl halides is 9. The summed E-state index contributed by atoms with van der Waals surface area (Å²) in [6.45, 7) is 10.5. The van der Waals surface area contributed by atoms with Crippen molar-refractivity contribution >= 4 is 24.2 Å². The lowest BCUT2D eigenvalue weighted by Gasteiger charge is -2.32. The van der Waals surface area contributed by atoms with Crippen LogP contribution in [0, 0.1) is 13.8 Å². The molecule has 16 heteroatoms. The molecule has 3 aromatic heterocycles. The minimum absolute atomic E-state index is 0.153. The topological polar surface area (TPSA) is 57.1 Å². The molecule has 42 heavy (non-hydrogen) atoms. The minimum Gasteiger partial charge on any atom is -0.399 e. The van der Waals surface area contributed by atoms with Crippen LogP contribution < -0.4 is 5.46 Å². The molecular weight excluding hydrogens is 604 g/mol. The Bertz CT molecular complexity index is 1290. The first-order valence-electron chi connectivity index (χ1n) is 12.0. The van der Waals surface area contributed by atoms with Crippen LogP contribution in [0.5, 0.6) is 0 Å². The molecule has 1 aliphatic heterocycles. The molecule has 1 saturated heterocycles. The zero-order valence-corrected chi connectivity index (χ0v) is 23.9. The van der Waals surface area contributed by atoms with Gasteiger partial charge in [0, 0.05) is 11.4 Å². The highest BCUT2D eigenvalue weighted by molar-refractivity contribution is 6.62. The van der Waals surface area contributed by atoms with Gasteiger partial charge in [-0.3, -0.25) is 0 Å². The second kappa shape index (κ2) is 12.8. The molecule has 1 aliphatic rings. The summed E-state index contributed by atoms with van der Waals surface area (Å²) in [5.41, 5.74) is -2.92. The van der Waals surface area contributed by atoms with Crippen molar-refractivity contribution < 1.29 is 48.8 Å². The highest BCUT2D eigenvalue weighted by atomic mass is 35.5. The number of aryl methyl sites for hydroxylation is 2. The fourth-order valence-electron chi connectivity index (χ4n) is 3.22. The molecule has 0 radical (unpaired) electrons. The van der Waals surface area contributed by atoms with Gasteiger partial charge in [-0.05, 0) is 83.4 Å². The van der Waals surface area contributed by atoms with E-state index >= 15 is 0 Å². The number of aromatic nitrogens is 3. The van der Waals surface area contributed by atoms with Gasteiger partial charge < -0.3 is 9.31 Å². The first-order chi connectivity index (χ1) is 18.9. The van der Waals surface area contributed by atoms with Crippen molar-refractivity contribution in [3.05, 3.63) is 82.2 Å². The monoisotopic (exact) mass is 629 g/mol. The van der Waals surface area contributed by atoms with Crippen molar-refractivity contribution in [2.24, 2.45) is 0 Å². The zero-order valence-electron chi connectivity index (χ0n) is 23.1. The predicted molar refractivity (Wildman–Crippen MR) is 138 cm³/mol. The molecule has 0 aliphatic carbocycles. The average molecular weight is 630 g/mol. The van der Waals surface area contributed by atoms with Gasteiger partial charge in [0.15, 0.2) is 0 Å². The van der Waals surface area contributed by atoms with Gasteiger partial charge in [-0.2, -0.15) is 39.5 Å². The van der Waals surface area contributed by atoms with E-state index in [1.54, 1.807) is 6.07 Å². The smallest absolute Gasteiger partial charge is 0.399 e. The van der Waals surface area contributed by atoms with Crippen LogP contribution in [-0.4, -0.2) is 33.3 Å². The lowest BCUT2D eigenvalue weighted by molar-refractivity contribution is -0.142. The largest absolute Gasteiger partial charge is 0.494 e. The fourth-order valence-corrected chi connectivity index (χ4v) is 3.39. The highest BCUT2D eigenvalue weighted by Crippen LogP contribution is 2.37. The van der Waals surface area contributed by atoms with E-state index in [1.807, 2.05) is 27.7 Å². The Hall–Kier alpha value is -2.91. The summed E-state index contributed by atoms with van der Waals surface area (Å²) in [5, 5.41) is -0.153. The van der Waals surface area contributed by atoms with E-state index in [0.717, 1.165) is 18.2 Å². The number of hydrogen-bond acceptors (Lipinski definition) is 5. The maximum Gasteiger partial charge on any atom is 0.494 e. The third kappa shape index (κ3) is 9.84. The Morgan fingerprint density at radius 3 is 1.43 bits per heavy atom. The Kier molecular flexibility index (Phi) is 10.7. The molecule has 4 rings (SSSR count). The van der Waals surface area contributed by atoms with E-state index < -0.39 is 53.9 Å². The maximum atomic E-state index is 12.8. The first kappa shape index (κ1) is 35.3. The van der Waals surface area contributed by atoms with E-state index in [2.05, 4.69) is 15.0 Å². The summed E-state index contributed by atoms with van der Waals surface area (Å²) in [6.07, 6.45) is -13.2. The third-order valence-electron chi connectivity index (χ3n) is 5.98. The maximum absolute atomic E-state index is 12.8. The van der Waals surface area contributed by atoms with Gasteiger partial charge >= 0.3 is 25.6 Å². The fraction of sp³-hybridized carbons (Fsp3) is 0.423. The van der Waals surface area contributed by atoms with E-state index in [0.29, 0.717) is 11.2 Å². The number of pyridine rings is 3. The van der Waals surface area contributed by atoms with Gasteiger partial charge in [-0.25, -0.2) is 15.0 Å². The van der Waals surface area contributed by atoms with Gasteiger partial charge in [0.05, 0.1) is 11.2 Å². The summed E-state index contributed by atoms with van der Waals surface area (Å²) in [7, 11) is -0.817. The van der Waals surface area contributed by atoms with E-state index in [4.69, 9.17) is 20.9 Å². The molecule has 0 N–H and O–H groups in total. The van der Waals surface area contributed by atoms with E-state index in [1.165, 1.54) is 38.1 Å². The molecule has 0 atom stereocenters. The first-order valence-corrected chi connectivity index (χ1v) is 12.4. The van der Waals surface area contributed by atoms with Crippen molar-refractivity contribution in [2.45, 2.75) is 71.3 Å². The number of hydrogen-bond donors (Lipinski definition) is 0. The number of rotatable bonds is 1. The standard InChI is InChI=1S/C13H17BF3NO2.C7H6F3N.C6H3ClF3N/c1-8-6-9(7-10(18-8)13(15,16)17)14-19-11(2,3)12(4,5)20-14;1-5-3-2-4-6(11-5)7(8,9)10;7-5-3-1-2-4(11-5)6(8,9)10/h6-7H,1-5H3;2-4H,1H3;1-3H. The van der Waals surface area contributed by atoms with Crippen molar-refractivity contribution in [3.8, 4) is 0 Å². The molecule has 230 valence electrons. The quantitative estimate of drug-likeness (QED) is 0.156. The molecule has 3 aromatic rings. The predicted octanol–water partition coefficient (Wildman–Crippen LogP) is 7.87. The van der Waals surface area contributed by atoms with Gasteiger partial charge in [0.1, 0.15) is 22.2 Å². The molecule has 4 heterocycles. The summed E-state index contributed by atoms with van der Waals surface area (Å²) in [4.78, 5) is 9.92. The Morgan fingerprint density at radius 1 is 0.619 bits per heavy atom. The van der Waals surface area contributed by atoms with Crippen LogP contribution in [0.25, 0.3) is 0 Å². The second-order valence-corrected chi connectivity index (χ2v) is 10.4. The molecule has 0 bridgehead atoms. The van der Waals surface area contributed by atoms with E-state index in [9.17, 15) is 39.5 Å². The number of halogens is 10. The van der Waals surface area contributed by atoms with Gasteiger partial charge in [0.25, 0.3) is 0 Å². The van der Waals surface area contributed by atoms with Crippen molar-refractivity contribution in [1.82, 2.24) is 15.0 Å². The lowest BCUT2D eigenvalue weighted by atomic mass is 9.79. The summed E-state index contributed by atoms with van der Waals surface area (Å²) in [6, 6.07) is 9.71. The summed E-state index contributed by atoms with van der Waals surface area (Å²) in [5.74, 6) is 0. The van der Waals surface area contributed by atoms with Gasteiger partial charge in [-0.15, -0.1) is 0 Å². The zero-order chi connectivity index (χ0) is 32.3. The highest BCUT2D eigenvalue weighted by Gasteiger charge is 2.52. The molecule has 0 unspecified atom stereocenters. The van der Waals surface area contributed by atoms with Crippen LogP contribution in [0.1, 0.15) is 56.2 Å². The Labute approximate surface area is 241 Å². The number of nitrogens with zero attached hydrogens (tertiary/aromatic N) is 3. The van der Waals surface area contributed by atoms with Crippen LogP contribution in [0.3, 0.4) is 0 Å². The molecule has 0 spiro atoms. The Morgan fingerprint density at radius 2 is 1.05 bits per heavy atom. The second-order valence-electron chi connectivity index (χ2n) is 10.0. The van der Waals surface area contributed by atoms with Crippen LogP contribution in [0.4, 0.5) is 39.5 Å². The molecule has 5 nitrogen and oxygen atoms in total. The summed E-state index contributed by atoms with van der Waals surface area (Å²) < 4.78 is 121. The third-order valence-corrected chi connectivity index (χ3v) is 6.19. The minimum atomic E-state index is -4.48. The van der Waals surface area contributed by atoms with Crippen LogP contribution in [0.15, 0.2) is 48.5 Å². The van der Waals surface area contributed by atoms with Crippen LogP contribution >= 0.6 is 11.6 Å². The molecule has 0 aromatic carbocycles. The molecule has 0 amide bonds. The van der Waals surface area contributed by atoms with Crippen molar-refractivity contribution in [3.63, 3.8) is 0 Å². The molecule has 0 saturated carbocycles. The van der Waals surface area contributed by atoms with Gasteiger partial charge in [0.2, 0.25) is 0 Å². The lowest BCUT2D eigenvalue weighted by Crippen LogP contribution is -2.41. The van der Waals surface area contributed by atoms with Crippen molar-refractivity contribution in [1.29, 1.82) is 0 Å². The summed E-state index contributed by atoms with van der Waals surface area (Å²) >= 11 is 5.24. The van der Waals surface area contributed by atoms with Crippen molar-refractivity contribution in [2.75, 3.05) is 0 Å². The average Bonchev–Trinajstić information content (AvgIpc) is 3.05. The Balaban J connectivity index is 0.000000239. The molecule has 1 fully saturated rings. The SMILES string of the molecule is Cc1cc(B2OC(C)(C)C(C)(C)O2)cc(C(F)(F)F)n1.Cc1cccc(C(F)(F)F)n1.FC(F)(F)c1cccc(Cl)n1. The van der Waals surface area contributed by atoms with Gasteiger partial charge in [-0.1, -0.05) is 23.7 Å². The normalized spacial score (nSPS) is 16.2. The van der Waals surface area contributed by atoms with E-state index in [-0.39, 0.29) is 10.8 Å². The van der Waals surface area contributed by atoms with Crippen LogP contribution in [0.2, 0.25) is 5.15 Å².